The Balaban J connectivity index is 2.91. The van der Waals surface area contributed by atoms with E-state index in [4.69, 9.17) is 4.74 Å². The second kappa shape index (κ2) is 5.76. The average Bonchev–Trinajstić information content (AvgIpc) is 2.30. The van der Waals surface area contributed by atoms with Gasteiger partial charge < -0.3 is 9.47 Å². The van der Waals surface area contributed by atoms with Gasteiger partial charge in [0, 0.05) is 0 Å². The molecule has 4 heteroatoms. The number of benzene rings is 1. The summed E-state index contributed by atoms with van der Waals surface area (Å²) >= 11 is 0. The van der Waals surface area contributed by atoms with Gasteiger partial charge in [0.15, 0.2) is 0 Å². The van der Waals surface area contributed by atoms with Gasteiger partial charge in [-0.15, -0.1) is 0 Å². The Hall–Kier alpha value is -2.02. The molecular formula is C12H11FO3. The van der Waals surface area contributed by atoms with Gasteiger partial charge in [-0.2, -0.15) is 0 Å². The number of hydrogen-bond acceptors (Lipinski definition) is 3. The van der Waals surface area contributed by atoms with Gasteiger partial charge in [0.25, 0.3) is 0 Å². The molecule has 0 saturated carbocycles. The van der Waals surface area contributed by atoms with Gasteiger partial charge in [0.2, 0.25) is 0 Å². The van der Waals surface area contributed by atoms with E-state index in [2.05, 4.69) is 16.6 Å². The van der Waals surface area contributed by atoms with Crippen molar-refractivity contribution in [3.8, 4) is 17.6 Å². The Morgan fingerprint density at radius 1 is 1.44 bits per heavy atom. The summed E-state index contributed by atoms with van der Waals surface area (Å²) in [5.41, 5.74) is 0.147. The number of carbonyl (C=O) groups is 1. The first-order chi connectivity index (χ1) is 7.69. The fourth-order valence-corrected chi connectivity index (χ4v) is 1.07. The molecule has 0 aliphatic carbocycles. The van der Waals surface area contributed by atoms with Crippen molar-refractivity contribution in [1.82, 2.24) is 0 Å². The second-order valence-electron chi connectivity index (χ2n) is 2.87. The SMILES string of the molecule is COC(=O)CC#Cc1c(F)cccc1OC. The lowest BCUT2D eigenvalue weighted by Gasteiger charge is -2.02. The van der Waals surface area contributed by atoms with Crippen molar-refractivity contribution in [2.75, 3.05) is 14.2 Å². The van der Waals surface area contributed by atoms with Crippen LogP contribution in [0.1, 0.15) is 12.0 Å². The standard InChI is InChI=1S/C12H11FO3/c1-15-11-7-4-6-10(13)9(11)5-3-8-12(14)16-2/h4,6-7H,8H2,1-2H3. The van der Waals surface area contributed by atoms with Gasteiger partial charge in [0.05, 0.1) is 14.2 Å². The number of rotatable bonds is 2. The third kappa shape index (κ3) is 2.99. The van der Waals surface area contributed by atoms with Crippen molar-refractivity contribution in [3.05, 3.63) is 29.6 Å². The summed E-state index contributed by atoms with van der Waals surface area (Å²) in [5.74, 6) is 4.48. The van der Waals surface area contributed by atoms with Crippen LogP contribution in [0.15, 0.2) is 18.2 Å². The van der Waals surface area contributed by atoms with Crippen LogP contribution in [0, 0.1) is 17.7 Å². The molecule has 0 N–H and O–H groups in total. The molecule has 0 aliphatic rings. The van der Waals surface area contributed by atoms with Crippen LogP contribution in [-0.4, -0.2) is 20.2 Å². The van der Waals surface area contributed by atoms with E-state index < -0.39 is 11.8 Å². The van der Waals surface area contributed by atoms with Gasteiger partial charge in [-0.1, -0.05) is 17.9 Å². The van der Waals surface area contributed by atoms with Crippen LogP contribution in [0.5, 0.6) is 5.75 Å². The normalized spacial score (nSPS) is 8.94. The zero-order valence-corrected chi connectivity index (χ0v) is 9.04. The average molecular weight is 222 g/mol. The van der Waals surface area contributed by atoms with Crippen LogP contribution in [-0.2, 0) is 9.53 Å². The number of halogens is 1. The Morgan fingerprint density at radius 3 is 2.81 bits per heavy atom. The van der Waals surface area contributed by atoms with Crippen LogP contribution in [0.3, 0.4) is 0 Å². The van der Waals surface area contributed by atoms with E-state index in [1.807, 2.05) is 0 Å². The van der Waals surface area contributed by atoms with Crippen molar-refractivity contribution in [3.63, 3.8) is 0 Å². The molecule has 0 atom stereocenters. The van der Waals surface area contributed by atoms with Crippen LogP contribution in [0.2, 0.25) is 0 Å². The molecule has 0 spiro atoms. The molecule has 0 saturated heterocycles. The van der Waals surface area contributed by atoms with Gasteiger partial charge >= 0.3 is 5.97 Å². The minimum Gasteiger partial charge on any atom is -0.495 e. The lowest BCUT2D eigenvalue weighted by Crippen LogP contribution is -1.97. The molecule has 1 aromatic carbocycles. The van der Waals surface area contributed by atoms with Crippen LogP contribution >= 0.6 is 0 Å². The van der Waals surface area contributed by atoms with Crippen LogP contribution < -0.4 is 4.74 Å². The Labute approximate surface area is 93.2 Å². The minimum absolute atomic E-state index is 0.0754. The van der Waals surface area contributed by atoms with Crippen LogP contribution in [0.4, 0.5) is 4.39 Å². The molecule has 0 unspecified atom stereocenters. The van der Waals surface area contributed by atoms with Gasteiger partial charge in [0.1, 0.15) is 23.6 Å². The minimum atomic E-state index is -0.475. The van der Waals surface area contributed by atoms with E-state index in [0.717, 1.165) is 0 Å². The highest BCUT2D eigenvalue weighted by atomic mass is 19.1. The molecule has 1 rings (SSSR count). The summed E-state index contributed by atoms with van der Waals surface area (Å²) in [5, 5.41) is 0. The molecule has 16 heavy (non-hydrogen) atoms. The van der Waals surface area contributed by atoms with E-state index in [1.165, 1.54) is 26.4 Å². The lowest BCUT2D eigenvalue weighted by atomic mass is 10.2. The summed E-state index contributed by atoms with van der Waals surface area (Å²) in [7, 11) is 2.70. The molecule has 0 bridgehead atoms. The van der Waals surface area contributed by atoms with Gasteiger partial charge in [-0.3, -0.25) is 4.79 Å². The summed E-state index contributed by atoms with van der Waals surface area (Å²) in [6.07, 6.45) is -0.0754. The highest BCUT2D eigenvalue weighted by Crippen LogP contribution is 2.19. The van der Waals surface area contributed by atoms with Crippen molar-refractivity contribution in [2.45, 2.75) is 6.42 Å². The Bertz CT molecular complexity index is 443. The summed E-state index contributed by atoms with van der Waals surface area (Å²) in [4.78, 5) is 10.8. The van der Waals surface area contributed by atoms with E-state index >= 15 is 0 Å². The maximum Gasteiger partial charge on any atom is 0.317 e. The predicted octanol–water partition coefficient (Wildman–Crippen LogP) is 1.75. The summed E-state index contributed by atoms with van der Waals surface area (Å²) < 4.78 is 22.7. The van der Waals surface area contributed by atoms with Gasteiger partial charge in [-0.25, -0.2) is 4.39 Å². The van der Waals surface area contributed by atoms with E-state index in [-0.39, 0.29) is 12.0 Å². The molecule has 0 fully saturated rings. The van der Waals surface area contributed by atoms with E-state index in [1.54, 1.807) is 6.07 Å². The summed E-state index contributed by atoms with van der Waals surface area (Å²) in [6.45, 7) is 0. The lowest BCUT2D eigenvalue weighted by molar-refractivity contribution is -0.139. The van der Waals surface area contributed by atoms with Crippen molar-refractivity contribution < 1.29 is 18.7 Å². The molecule has 1 aromatic rings. The third-order valence-corrected chi connectivity index (χ3v) is 1.87. The number of ether oxygens (including phenoxy) is 2. The molecule has 0 radical (unpaired) electrons. The fourth-order valence-electron chi connectivity index (χ4n) is 1.07. The first kappa shape index (κ1) is 12.1. The first-order valence-electron chi connectivity index (χ1n) is 4.57. The van der Waals surface area contributed by atoms with E-state index in [0.29, 0.717) is 5.75 Å². The molecule has 0 aromatic heterocycles. The van der Waals surface area contributed by atoms with Crippen molar-refractivity contribution in [1.29, 1.82) is 0 Å². The number of hydrogen-bond donors (Lipinski definition) is 0. The quantitative estimate of drug-likeness (QED) is 0.565. The fraction of sp³-hybridized carbons (Fsp3) is 0.250. The predicted molar refractivity (Wildman–Crippen MR) is 56.5 cm³/mol. The number of esters is 1. The topological polar surface area (TPSA) is 35.5 Å². The third-order valence-electron chi connectivity index (χ3n) is 1.87. The second-order valence-corrected chi connectivity index (χ2v) is 2.87. The molecule has 0 amide bonds. The Kier molecular flexibility index (Phi) is 4.34. The monoisotopic (exact) mass is 222 g/mol. The molecule has 0 aliphatic heterocycles. The number of methoxy groups -OCH3 is 2. The highest BCUT2D eigenvalue weighted by Gasteiger charge is 2.05. The molecular weight excluding hydrogens is 211 g/mol. The van der Waals surface area contributed by atoms with Crippen molar-refractivity contribution >= 4 is 5.97 Å². The maximum atomic E-state index is 13.3. The maximum absolute atomic E-state index is 13.3. The van der Waals surface area contributed by atoms with Crippen LogP contribution in [0.25, 0.3) is 0 Å². The molecule has 84 valence electrons. The Morgan fingerprint density at radius 2 is 2.19 bits per heavy atom. The smallest absolute Gasteiger partial charge is 0.317 e. The zero-order chi connectivity index (χ0) is 12.0. The van der Waals surface area contributed by atoms with E-state index in [9.17, 15) is 9.18 Å². The molecule has 3 nitrogen and oxygen atoms in total. The highest BCUT2D eigenvalue weighted by molar-refractivity contribution is 5.72. The zero-order valence-electron chi connectivity index (χ0n) is 9.04. The van der Waals surface area contributed by atoms with Crippen molar-refractivity contribution in [2.24, 2.45) is 0 Å². The van der Waals surface area contributed by atoms with Gasteiger partial charge in [-0.05, 0) is 12.1 Å². The first-order valence-corrected chi connectivity index (χ1v) is 4.57. The number of carbonyl (C=O) groups excluding carboxylic acids is 1. The molecule has 0 heterocycles. The largest absolute Gasteiger partial charge is 0.495 e. The summed E-state index contributed by atoms with van der Waals surface area (Å²) in [6, 6.07) is 4.41.